The Balaban J connectivity index is 1.68. The van der Waals surface area contributed by atoms with Gasteiger partial charge >= 0.3 is 12.2 Å². The van der Waals surface area contributed by atoms with Crippen LogP contribution >= 0.6 is 0 Å². The second kappa shape index (κ2) is 14.1. The molecule has 1 saturated heterocycles. The minimum atomic E-state index is -2.18. The van der Waals surface area contributed by atoms with Gasteiger partial charge in [0.25, 0.3) is 5.69 Å². The number of imide groups is 1. The average molecular weight is 701 g/mol. The molecule has 1 aliphatic rings. The van der Waals surface area contributed by atoms with Crippen molar-refractivity contribution >= 4 is 43.2 Å². The lowest BCUT2D eigenvalue weighted by molar-refractivity contribution is -0.386. The van der Waals surface area contributed by atoms with Gasteiger partial charge in [0, 0.05) is 12.5 Å². The van der Waals surface area contributed by atoms with Crippen LogP contribution in [-0.4, -0.2) is 75.0 Å². The van der Waals surface area contributed by atoms with Gasteiger partial charge in [-0.3, -0.25) is 14.7 Å². The van der Waals surface area contributed by atoms with Crippen LogP contribution in [0.5, 0.6) is 0 Å². The number of imidazole rings is 1. The Bertz CT molecular complexity index is 1650. The van der Waals surface area contributed by atoms with Crippen molar-refractivity contribution in [3.05, 3.63) is 52.6 Å². The molecule has 3 heterocycles. The zero-order chi connectivity index (χ0) is 36.5. The number of fused-ring (bicyclic) bond motifs is 1. The maximum atomic E-state index is 13.4. The number of nitro benzene ring substituents is 1. The third-order valence-electron chi connectivity index (χ3n) is 8.25. The summed E-state index contributed by atoms with van der Waals surface area (Å²) in [6.45, 7) is 21.0. The zero-order valence-electron chi connectivity index (χ0n) is 30.2. The number of hydrogen-bond acceptors (Lipinski definition) is 12. The lowest BCUT2D eigenvalue weighted by atomic mass is 10.1. The smallest absolute Gasteiger partial charge is 0.425 e. The number of nitro groups is 1. The van der Waals surface area contributed by atoms with Crippen LogP contribution in [0.25, 0.3) is 11.2 Å². The monoisotopic (exact) mass is 700 g/mol. The second-order valence-electron chi connectivity index (χ2n) is 15.5. The summed E-state index contributed by atoms with van der Waals surface area (Å²) in [5, 5.41) is 11.6. The first kappa shape index (κ1) is 37.8. The van der Waals surface area contributed by atoms with E-state index in [0.717, 1.165) is 0 Å². The molecule has 0 saturated carbocycles. The van der Waals surface area contributed by atoms with E-state index in [9.17, 15) is 19.7 Å². The number of hydrogen-bond donors (Lipinski definition) is 0. The van der Waals surface area contributed by atoms with Gasteiger partial charge in [-0.1, -0.05) is 32.9 Å². The molecule has 0 radical (unpaired) electrons. The predicted octanol–water partition coefficient (Wildman–Crippen LogP) is 7.31. The Morgan fingerprint density at radius 1 is 1.00 bits per heavy atom. The van der Waals surface area contributed by atoms with Crippen molar-refractivity contribution in [3.8, 4) is 0 Å². The van der Waals surface area contributed by atoms with E-state index in [1.165, 1.54) is 18.7 Å². The highest BCUT2D eigenvalue weighted by atomic mass is 28.4. The van der Waals surface area contributed by atoms with Crippen LogP contribution in [0.1, 0.15) is 80.5 Å². The van der Waals surface area contributed by atoms with Gasteiger partial charge in [-0.25, -0.2) is 24.5 Å². The number of ether oxygens (including phenoxy) is 4. The van der Waals surface area contributed by atoms with Gasteiger partial charge in [0.05, 0.1) is 36.1 Å². The number of carbonyl (C=O) groups excluding carboxylic acids is 2. The number of nitrogens with zero attached hydrogens (tertiary/aromatic N) is 6. The van der Waals surface area contributed by atoms with E-state index in [1.807, 2.05) is 0 Å². The van der Waals surface area contributed by atoms with Crippen LogP contribution in [0.2, 0.25) is 18.1 Å². The molecule has 0 N–H and O–H groups in total. The topological polar surface area (TPSA) is 170 Å². The number of rotatable bonds is 9. The number of para-hydroxylation sites is 1. The summed E-state index contributed by atoms with van der Waals surface area (Å²) in [7, 11) is -2.18. The van der Waals surface area contributed by atoms with Crippen molar-refractivity contribution in [2.24, 2.45) is 0 Å². The normalized spacial score (nSPS) is 18.8. The maximum absolute atomic E-state index is 13.4. The van der Waals surface area contributed by atoms with E-state index in [1.54, 1.807) is 64.3 Å². The lowest BCUT2D eigenvalue weighted by Crippen LogP contribution is -2.44. The Hall–Kier alpha value is -3.99. The minimum absolute atomic E-state index is 0.00771. The van der Waals surface area contributed by atoms with Gasteiger partial charge in [-0.15, -0.1) is 0 Å². The van der Waals surface area contributed by atoms with E-state index in [4.69, 9.17) is 23.4 Å². The average Bonchev–Trinajstić information content (AvgIpc) is 3.57. The van der Waals surface area contributed by atoms with Crippen LogP contribution in [0.15, 0.2) is 36.9 Å². The van der Waals surface area contributed by atoms with Crippen LogP contribution in [-0.2, 0) is 30.0 Å². The van der Waals surface area contributed by atoms with Crippen molar-refractivity contribution in [3.63, 3.8) is 0 Å². The van der Waals surface area contributed by atoms with Gasteiger partial charge in [0.15, 0.2) is 25.3 Å². The maximum Gasteiger partial charge on any atom is 0.425 e. The van der Waals surface area contributed by atoms with Gasteiger partial charge < -0.3 is 23.4 Å². The molecule has 4 rings (SSSR count). The van der Waals surface area contributed by atoms with Gasteiger partial charge in [0.1, 0.15) is 29.9 Å². The first-order valence-corrected chi connectivity index (χ1v) is 19.1. The van der Waals surface area contributed by atoms with Gasteiger partial charge in [0.2, 0.25) is 0 Å². The summed E-state index contributed by atoms with van der Waals surface area (Å²) >= 11 is 0. The second-order valence-corrected chi connectivity index (χ2v) is 20.3. The number of aromatic nitrogens is 4. The van der Waals surface area contributed by atoms with Crippen molar-refractivity contribution in [2.45, 2.75) is 123 Å². The number of amides is 2. The third kappa shape index (κ3) is 9.17. The van der Waals surface area contributed by atoms with Crippen molar-refractivity contribution in [1.82, 2.24) is 19.5 Å². The minimum Gasteiger partial charge on any atom is -0.443 e. The molecule has 1 unspecified atom stereocenters. The summed E-state index contributed by atoms with van der Waals surface area (Å²) in [6.07, 6.45) is -0.612. The highest BCUT2D eigenvalue weighted by Gasteiger charge is 2.43. The molecule has 0 aliphatic carbocycles. The Morgan fingerprint density at radius 3 is 2.18 bits per heavy atom. The fourth-order valence-electron chi connectivity index (χ4n) is 4.79. The molecule has 2 amide bonds. The molecular formula is C33H48N6O9Si. The highest BCUT2D eigenvalue weighted by Crippen LogP contribution is 2.39. The lowest BCUT2D eigenvalue weighted by Gasteiger charge is -2.37. The van der Waals surface area contributed by atoms with Crippen molar-refractivity contribution < 1.29 is 37.9 Å². The number of carbonyl (C=O) groups is 2. The summed E-state index contributed by atoms with van der Waals surface area (Å²) in [4.78, 5) is 51.8. The molecule has 1 fully saturated rings. The SMILES string of the molecule is CC(C)(C)OC(=O)N(C(=O)OC(C)(C)C)c1ncnc2c1ncn2[C@H]1CC(OCc2ccccc2[N+](=O)[O-])[C@@H](CO[Si](C)(C)C(C)(C)C)O1. The zero-order valence-corrected chi connectivity index (χ0v) is 31.2. The molecule has 0 bridgehead atoms. The van der Waals surface area contributed by atoms with Crippen LogP contribution in [0, 0.1) is 10.1 Å². The molecule has 49 heavy (non-hydrogen) atoms. The molecule has 15 nitrogen and oxygen atoms in total. The van der Waals surface area contributed by atoms with Crippen LogP contribution in [0.4, 0.5) is 21.1 Å². The fourth-order valence-corrected chi connectivity index (χ4v) is 5.80. The molecule has 3 aromatic rings. The van der Waals surface area contributed by atoms with E-state index in [-0.39, 0.29) is 40.9 Å². The number of benzene rings is 1. The van der Waals surface area contributed by atoms with Crippen molar-refractivity contribution in [1.29, 1.82) is 0 Å². The molecule has 1 aliphatic heterocycles. The molecular weight excluding hydrogens is 652 g/mol. The quantitative estimate of drug-likeness (QED) is 0.124. The first-order chi connectivity index (χ1) is 22.6. The molecule has 268 valence electrons. The standard InChI is InChI=1S/C33H48N6O9Si/c1-31(2,3)47-29(40)38(30(41)48-32(4,5)6)28-26-27(34-19-35-28)37(20-36-26)25-16-23(24(46-25)18-45-49(10,11)33(7,8)9)44-17-21-14-12-13-15-22(21)39(42)43/h12-15,19-20,23-25H,16-18H2,1-11H3/t23?,24-,25-/m1/s1. The highest BCUT2D eigenvalue weighted by molar-refractivity contribution is 6.74. The molecule has 16 heteroatoms. The van der Waals surface area contributed by atoms with Gasteiger partial charge in [-0.2, -0.15) is 4.90 Å². The van der Waals surface area contributed by atoms with Crippen LogP contribution in [0.3, 0.4) is 0 Å². The Kier molecular flexibility index (Phi) is 10.9. The third-order valence-corrected chi connectivity index (χ3v) is 12.8. The van der Waals surface area contributed by atoms with E-state index in [2.05, 4.69) is 48.8 Å². The number of anilines is 1. The summed E-state index contributed by atoms with van der Waals surface area (Å²) in [6, 6.07) is 6.44. The molecule has 3 atom stereocenters. The Labute approximate surface area is 287 Å². The summed E-state index contributed by atoms with van der Waals surface area (Å²) in [5.41, 5.74) is -1.00. The molecule has 0 spiro atoms. The van der Waals surface area contributed by atoms with Crippen molar-refractivity contribution in [2.75, 3.05) is 11.5 Å². The first-order valence-electron chi connectivity index (χ1n) is 16.1. The van der Waals surface area contributed by atoms with E-state index >= 15 is 0 Å². The molecule has 1 aromatic carbocycles. The summed E-state index contributed by atoms with van der Waals surface area (Å²) < 4.78 is 32.1. The molecule has 2 aromatic heterocycles. The van der Waals surface area contributed by atoms with E-state index in [0.29, 0.717) is 16.9 Å². The van der Waals surface area contributed by atoms with Gasteiger partial charge in [-0.05, 0) is 65.7 Å². The van der Waals surface area contributed by atoms with Crippen LogP contribution < -0.4 is 4.90 Å². The predicted molar refractivity (Wildman–Crippen MR) is 184 cm³/mol. The largest absolute Gasteiger partial charge is 0.443 e. The Morgan fingerprint density at radius 2 is 1.61 bits per heavy atom. The summed E-state index contributed by atoms with van der Waals surface area (Å²) in [5.74, 6) is -0.118. The fraction of sp³-hybridized carbons (Fsp3) is 0.606. The van der Waals surface area contributed by atoms with E-state index < -0.39 is 55.1 Å².